The maximum Gasteiger partial charge on any atom is 0.0502 e. The molecule has 1 nitrogen and oxygen atoms in total. The standard InChI is InChI=1S/C13H16OS/c1-9(2)12(8-14)10-3-4-13-11(7-10)5-6-15-13/h3-7,9,12,14H,8H2,1-2H3. The molecule has 2 rings (SSSR count). The monoisotopic (exact) mass is 220 g/mol. The molecule has 0 fully saturated rings. The first-order chi connectivity index (χ1) is 7.22. The summed E-state index contributed by atoms with van der Waals surface area (Å²) in [6.45, 7) is 4.53. The molecule has 15 heavy (non-hydrogen) atoms. The van der Waals surface area contributed by atoms with Crippen LogP contribution in [0, 0.1) is 5.92 Å². The van der Waals surface area contributed by atoms with E-state index in [1.165, 1.54) is 15.6 Å². The number of aliphatic hydroxyl groups is 1. The summed E-state index contributed by atoms with van der Waals surface area (Å²) < 4.78 is 1.32. The Morgan fingerprint density at radius 2 is 2.07 bits per heavy atom. The van der Waals surface area contributed by atoms with Crippen LogP contribution in [0.3, 0.4) is 0 Å². The highest BCUT2D eigenvalue weighted by atomic mass is 32.1. The molecule has 2 aromatic rings. The summed E-state index contributed by atoms with van der Waals surface area (Å²) in [6.07, 6.45) is 0. The van der Waals surface area contributed by atoms with Gasteiger partial charge in [0.1, 0.15) is 0 Å². The van der Waals surface area contributed by atoms with E-state index in [0.29, 0.717) is 5.92 Å². The number of aliphatic hydroxyl groups excluding tert-OH is 1. The van der Waals surface area contributed by atoms with Crippen LogP contribution in [0.4, 0.5) is 0 Å². The van der Waals surface area contributed by atoms with Crippen LogP contribution in [0.25, 0.3) is 10.1 Å². The van der Waals surface area contributed by atoms with Crippen LogP contribution in [-0.2, 0) is 0 Å². The van der Waals surface area contributed by atoms with E-state index < -0.39 is 0 Å². The second-order valence-corrected chi connectivity index (χ2v) is 5.20. The molecule has 0 amide bonds. The minimum Gasteiger partial charge on any atom is -0.396 e. The lowest BCUT2D eigenvalue weighted by atomic mass is 9.89. The SMILES string of the molecule is CC(C)C(CO)c1ccc2sccc2c1. The van der Waals surface area contributed by atoms with Crippen LogP contribution in [0.2, 0.25) is 0 Å². The molecular formula is C13H16OS. The summed E-state index contributed by atoms with van der Waals surface area (Å²) in [6, 6.07) is 8.63. The van der Waals surface area contributed by atoms with Crippen molar-refractivity contribution in [1.82, 2.24) is 0 Å². The highest BCUT2D eigenvalue weighted by molar-refractivity contribution is 7.17. The molecule has 0 aliphatic heterocycles. The maximum absolute atomic E-state index is 9.38. The Kier molecular flexibility index (Phi) is 3.08. The highest BCUT2D eigenvalue weighted by Gasteiger charge is 2.14. The lowest BCUT2D eigenvalue weighted by Gasteiger charge is -2.18. The van der Waals surface area contributed by atoms with Crippen LogP contribution in [0.1, 0.15) is 25.3 Å². The van der Waals surface area contributed by atoms with Gasteiger partial charge in [-0.3, -0.25) is 0 Å². The predicted molar refractivity (Wildman–Crippen MR) is 66.5 cm³/mol. The zero-order chi connectivity index (χ0) is 10.8. The minimum atomic E-state index is 0.229. The Hall–Kier alpha value is -0.860. The molecule has 0 aliphatic rings. The first-order valence-corrected chi connectivity index (χ1v) is 6.18. The van der Waals surface area contributed by atoms with Gasteiger partial charge in [-0.05, 0) is 40.4 Å². The van der Waals surface area contributed by atoms with Crippen molar-refractivity contribution in [3.63, 3.8) is 0 Å². The zero-order valence-electron chi connectivity index (χ0n) is 9.10. The fraction of sp³-hybridized carbons (Fsp3) is 0.385. The van der Waals surface area contributed by atoms with Crippen LogP contribution in [0.15, 0.2) is 29.6 Å². The van der Waals surface area contributed by atoms with E-state index in [0.717, 1.165) is 0 Å². The summed E-state index contributed by atoms with van der Waals surface area (Å²) in [5.74, 6) is 0.736. The van der Waals surface area contributed by atoms with Gasteiger partial charge in [-0.15, -0.1) is 11.3 Å². The molecule has 0 radical (unpaired) electrons. The normalized spacial score (nSPS) is 13.6. The molecule has 1 N–H and O–H groups in total. The van der Waals surface area contributed by atoms with Gasteiger partial charge in [0.2, 0.25) is 0 Å². The fourth-order valence-electron chi connectivity index (χ4n) is 1.92. The van der Waals surface area contributed by atoms with E-state index in [2.05, 4.69) is 43.5 Å². The maximum atomic E-state index is 9.38. The molecule has 0 saturated carbocycles. The second-order valence-electron chi connectivity index (χ2n) is 4.25. The van der Waals surface area contributed by atoms with Crippen LogP contribution in [-0.4, -0.2) is 11.7 Å². The van der Waals surface area contributed by atoms with E-state index in [-0.39, 0.29) is 12.5 Å². The molecule has 1 aromatic carbocycles. The number of hydrogen-bond donors (Lipinski definition) is 1. The van der Waals surface area contributed by atoms with E-state index >= 15 is 0 Å². The van der Waals surface area contributed by atoms with Crippen molar-refractivity contribution in [2.45, 2.75) is 19.8 Å². The smallest absolute Gasteiger partial charge is 0.0502 e. The van der Waals surface area contributed by atoms with Gasteiger partial charge in [-0.1, -0.05) is 19.9 Å². The van der Waals surface area contributed by atoms with E-state index in [1.54, 1.807) is 11.3 Å². The first-order valence-electron chi connectivity index (χ1n) is 5.30. The Bertz CT molecular complexity index is 444. The third kappa shape index (κ3) is 2.06. The van der Waals surface area contributed by atoms with Crippen molar-refractivity contribution in [1.29, 1.82) is 0 Å². The summed E-state index contributed by atoms with van der Waals surface area (Å²) in [5.41, 5.74) is 1.25. The molecule has 2 heteroatoms. The Morgan fingerprint density at radius 3 is 2.73 bits per heavy atom. The van der Waals surface area contributed by atoms with Gasteiger partial charge < -0.3 is 5.11 Å². The lowest BCUT2D eigenvalue weighted by Crippen LogP contribution is -2.10. The van der Waals surface area contributed by atoms with Crippen LogP contribution >= 0.6 is 11.3 Å². The van der Waals surface area contributed by atoms with Crippen molar-refractivity contribution in [2.24, 2.45) is 5.92 Å². The summed E-state index contributed by atoms with van der Waals surface area (Å²) in [5, 5.41) is 12.8. The molecule has 80 valence electrons. The van der Waals surface area contributed by atoms with Crippen molar-refractivity contribution in [3.8, 4) is 0 Å². The molecular weight excluding hydrogens is 204 g/mol. The van der Waals surface area contributed by atoms with Gasteiger partial charge in [0, 0.05) is 10.6 Å². The lowest BCUT2D eigenvalue weighted by molar-refractivity contribution is 0.237. The zero-order valence-corrected chi connectivity index (χ0v) is 9.92. The Balaban J connectivity index is 2.41. The average molecular weight is 220 g/mol. The molecule has 1 unspecified atom stereocenters. The molecule has 1 heterocycles. The molecule has 1 aromatic heterocycles. The third-order valence-corrected chi connectivity index (χ3v) is 3.80. The molecule has 0 bridgehead atoms. The second kappa shape index (κ2) is 4.33. The number of fused-ring (bicyclic) bond motifs is 1. The largest absolute Gasteiger partial charge is 0.396 e. The number of benzene rings is 1. The van der Waals surface area contributed by atoms with Gasteiger partial charge >= 0.3 is 0 Å². The Morgan fingerprint density at radius 1 is 1.27 bits per heavy atom. The quantitative estimate of drug-likeness (QED) is 0.837. The van der Waals surface area contributed by atoms with E-state index in [4.69, 9.17) is 0 Å². The summed E-state index contributed by atoms with van der Waals surface area (Å²) in [7, 11) is 0. The highest BCUT2D eigenvalue weighted by Crippen LogP contribution is 2.28. The minimum absolute atomic E-state index is 0.229. The molecule has 1 atom stereocenters. The van der Waals surface area contributed by atoms with Crippen molar-refractivity contribution >= 4 is 21.4 Å². The number of hydrogen-bond acceptors (Lipinski definition) is 2. The first kappa shape index (κ1) is 10.7. The molecule has 0 spiro atoms. The Labute approximate surface area is 94.4 Å². The molecule has 0 saturated heterocycles. The van der Waals surface area contributed by atoms with Crippen LogP contribution < -0.4 is 0 Å². The third-order valence-electron chi connectivity index (χ3n) is 2.91. The van der Waals surface area contributed by atoms with Gasteiger partial charge in [0.15, 0.2) is 0 Å². The van der Waals surface area contributed by atoms with E-state index in [9.17, 15) is 5.11 Å². The van der Waals surface area contributed by atoms with Gasteiger partial charge in [0.05, 0.1) is 6.61 Å². The number of thiophene rings is 1. The van der Waals surface area contributed by atoms with Crippen molar-refractivity contribution < 1.29 is 5.11 Å². The van der Waals surface area contributed by atoms with Crippen molar-refractivity contribution in [2.75, 3.05) is 6.61 Å². The fourth-order valence-corrected chi connectivity index (χ4v) is 2.69. The van der Waals surface area contributed by atoms with Crippen molar-refractivity contribution in [3.05, 3.63) is 35.2 Å². The summed E-state index contributed by atoms with van der Waals surface area (Å²) in [4.78, 5) is 0. The summed E-state index contributed by atoms with van der Waals surface area (Å²) >= 11 is 1.76. The molecule has 0 aliphatic carbocycles. The topological polar surface area (TPSA) is 20.2 Å². The van der Waals surface area contributed by atoms with E-state index in [1.807, 2.05) is 0 Å². The predicted octanol–water partition coefficient (Wildman–Crippen LogP) is 3.63. The van der Waals surface area contributed by atoms with Gasteiger partial charge in [-0.25, -0.2) is 0 Å². The van der Waals surface area contributed by atoms with Crippen LogP contribution in [0.5, 0.6) is 0 Å². The van der Waals surface area contributed by atoms with Gasteiger partial charge in [-0.2, -0.15) is 0 Å². The average Bonchev–Trinajstić information content (AvgIpc) is 2.65. The number of rotatable bonds is 3. The van der Waals surface area contributed by atoms with Gasteiger partial charge in [0.25, 0.3) is 0 Å².